The fourth-order valence-corrected chi connectivity index (χ4v) is 2.26. The number of ketones is 1. The first-order valence-corrected chi connectivity index (χ1v) is 7.37. The van der Waals surface area contributed by atoms with Gasteiger partial charge < -0.3 is 4.90 Å². The Hall–Kier alpha value is -2.35. The van der Waals surface area contributed by atoms with Crippen LogP contribution in [0.25, 0.3) is 6.08 Å². The largest absolute Gasteiger partial charge is 0.372 e. The van der Waals surface area contributed by atoms with E-state index in [4.69, 9.17) is 0 Å². The van der Waals surface area contributed by atoms with Gasteiger partial charge in [-0.15, -0.1) is 0 Å². The van der Waals surface area contributed by atoms with Gasteiger partial charge in [-0.3, -0.25) is 4.79 Å². The number of allylic oxidation sites excluding steroid dienone is 1. The summed E-state index contributed by atoms with van der Waals surface area (Å²) < 4.78 is 0. The van der Waals surface area contributed by atoms with Gasteiger partial charge in [0.05, 0.1) is 0 Å². The van der Waals surface area contributed by atoms with Crippen LogP contribution in [0.1, 0.15) is 29.8 Å². The predicted octanol–water partition coefficient (Wildman–Crippen LogP) is 4.43. The number of rotatable bonds is 6. The van der Waals surface area contributed by atoms with Crippen LogP contribution in [0.4, 0.5) is 5.69 Å². The van der Waals surface area contributed by atoms with Crippen LogP contribution < -0.4 is 4.90 Å². The third-order valence-electron chi connectivity index (χ3n) is 3.51. The van der Waals surface area contributed by atoms with Crippen molar-refractivity contribution in [3.8, 4) is 0 Å². The summed E-state index contributed by atoms with van der Waals surface area (Å²) in [5.41, 5.74) is 2.91. The highest BCUT2D eigenvalue weighted by molar-refractivity contribution is 6.06. The van der Waals surface area contributed by atoms with Crippen LogP contribution in [0.3, 0.4) is 0 Å². The molecule has 0 radical (unpaired) electrons. The molecule has 21 heavy (non-hydrogen) atoms. The van der Waals surface area contributed by atoms with Crippen molar-refractivity contribution in [1.82, 2.24) is 0 Å². The summed E-state index contributed by atoms with van der Waals surface area (Å²) in [4.78, 5) is 14.4. The van der Waals surface area contributed by atoms with Gasteiger partial charge in [0.2, 0.25) is 0 Å². The second kappa shape index (κ2) is 7.44. The number of hydrogen-bond acceptors (Lipinski definition) is 2. The fraction of sp³-hybridized carbons (Fsp3) is 0.211. The van der Waals surface area contributed by atoms with Crippen LogP contribution in [-0.2, 0) is 0 Å². The van der Waals surface area contributed by atoms with Gasteiger partial charge in [-0.2, -0.15) is 0 Å². The highest BCUT2D eigenvalue weighted by Crippen LogP contribution is 2.15. The average Bonchev–Trinajstić information content (AvgIpc) is 2.55. The summed E-state index contributed by atoms with van der Waals surface area (Å²) in [6.07, 6.45) is 3.47. The van der Waals surface area contributed by atoms with Crippen molar-refractivity contribution in [3.63, 3.8) is 0 Å². The molecule has 108 valence electrons. The van der Waals surface area contributed by atoms with Crippen molar-refractivity contribution < 1.29 is 4.79 Å². The molecule has 2 rings (SSSR count). The maximum Gasteiger partial charge on any atom is 0.185 e. The molecular formula is C19H21NO. The number of carbonyl (C=O) groups is 1. The molecule has 2 aromatic rings. The van der Waals surface area contributed by atoms with Gasteiger partial charge in [0.1, 0.15) is 0 Å². The zero-order chi connectivity index (χ0) is 15.1. The Kier molecular flexibility index (Phi) is 5.33. The molecule has 0 aromatic heterocycles. The first-order valence-electron chi connectivity index (χ1n) is 7.37. The molecule has 0 saturated carbocycles. The molecule has 2 nitrogen and oxygen atoms in total. The molecule has 2 aromatic carbocycles. The first kappa shape index (κ1) is 15.0. The maximum atomic E-state index is 12.1. The van der Waals surface area contributed by atoms with E-state index >= 15 is 0 Å². The number of anilines is 1. The SMILES string of the molecule is CCN(CC)c1ccc(C(=O)C=Cc2ccccc2)cc1. The van der Waals surface area contributed by atoms with Crippen LogP contribution in [-0.4, -0.2) is 18.9 Å². The zero-order valence-electron chi connectivity index (χ0n) is 12.6. The van der Waals surface area contributed by atoms with Crippen LogP contribution in [0, 0.1) is 0 Å². The quantitative estimate of drug-likeness (QED) is 0.576. The van der Waals surface area contributed by atoms with Crippen molar-refractivity contribution in [2.45, 2.75) is 13.8 Å². The molecule has 0 aliphatic heterocycles. The topological polar surface area (TPSA) is 20.3 Å². The molecule has 0 heterocycles. The van der Waals surface area contributed by atoms with E-state index in [0.717, 1.165) is 29.9 Å². The van der Waals surface area contributed by atoms with E-state index in [1.165, 1.54) is 0 Å². The molecule has 0 spiro atoms. The lowest BCUT2D eigenvalue weighted by Gasteiger charge is -2.20. The third kappa shape index (κ3) is 4.06. The Morgan fingerprint density at radius 1 is 0.952 bits per heavy atom. The van der Waals surface area contributed by atoms with Crippen LogP contribution >= 0.6 is 0 Å². The molecular weight excluding hydrogens is 258 g/mol. The Labute approximate surface area is 126 Å². The molecule has 0 aliphatic carbocycles. The monoisotopic (exact) mass is 279 g/mol. The molecule has 0 fully saturated rings. The molecule has 0 N–H and O–H groups in total. The van der Waals surface area contributed by atoms with E-state index in [0.29, 0.717) is 0 Å². The van der Waals surface area contributed by atoms with E-state index in [1.807, 2.05) is 60.7 Å². The van der Waals surface area contributed by atoms with E-state index < -0.39 is 0 Å². The number of nitrogens with zero attached hydrogens (tertiary/aromatic N) is 1. The van der Waals surface area contributed by atoms with Gasteiger partial charge in [-0.1, -0.05) is 36.4 Å². The molecule has 0 atom stereocenters. The molecule has 0 amide bonds. The lowest BCUT2D eigenvalue weighted by molar-refractivity contribution is 0.104. The highest BCUT2D eigenvalue weighted by Gasteiger charge is 2.04. The smallest absolute Gasteiger partial charge is 0.185 e. The lowest BCUT2D eigenvalue weighted by Crippen LogP contribution is -2.21. The Balaban J connectivity index is 2.08. The number of benzene rings is 2. The highest BCUT2D eigenvalue weighted by atomic mass is 16.1. The van der Waals surface area contributed by atoms with Gasteiger partial charge in [0.15, 0.2) is 5.78 Å². The van der Waals surface area contributed by atoms with Gasteiger partial charge in [-0.05, 0) is 49.8 Å². The van der Waals surface area contributed by atoms with E-state index in [1.54, 1.807) is 6.08 Å². The summed E-state index contributed by atoms with van der Waals surface area (Å²) >= 11 is 0. The van der Waals surface area contributed by atoms with Crippen molar-refractivity contribution in [2.75, 3.05) is 18.0 Å². The maximum absolute atomic E-state index is 12.1. The van der Waals surface area contributed by atoms with Crippen LogP contribution in [0.2, 0.25) is 0 Å². The summed E-state index contributed by atoms with van der Waals surface area (Å²) in [5, 5.41) is 0. The Bertz CT molecular complexity index is 595. The minimum Gasteiger partial charge on any atom is -0.372 e. The van der Waals surface area contributed by atoms with Crippen LogP contribution in [0.5, 0.6) is 0 Å². The zero-order valence-corrected chi connectivity index (χ0v) is 12.6. The lowest BCUT2D eigenvalue weighted by atomic mass is 10.1. The molecule has 0 aliphatic rings. The molecule has 0 saturated heterocycles. The predicted molar refractivity (Wildman–Crippen MR) is 89.8 cm³/mol. The fourth-order valence-electron chi connectivity index (χ4n) is 2.26. The minimum absolute atomic E-state index is 0.0324. The summed E-state index contributed by atoms with van der Waals surface area (Å²) in [6, 6.07) is 17.7. The Morgan fingerprint density at radius 2 is 1.57 bits per heavy atom. The van der Waals surface area contributed by atoms with Crippen molar-refractivity contribution in [3.05, 3.63) is 71.8 Å². The van der Waals surface area contributed by atoms with E-state index in [-0.39, 0.29) is 5.78 Å². The van der Waals surface area contributed by atoms with Gasteiger partial charge >= 0.3 is 0 Å². The summed E-state index contributed by atoms with van der Waals surface area (Å²) in [5.74, 6) is 0.0324. The number of carbonyl (C=O) groups excluding carboxylic acids is 1. The van der Waals surface area contributed by atoms with Gasteiger partial charge in [-0.25, -0.2) is 0 Å². The molecule has 2 heteroatoms. The average molecular weight is 279 g/mol. The van der Waals surface area contributed by atoms with Crippen LogP contribution in [0.15, 0.2) is 60.7 Å². The minimum atomic E-state index is 0.0324. The number of hydrogen-bond donors (Lipinski definition) is 0. The second-order valence-electron chi connectivity index (χ2n) is 4.83. The Morgan fingerprint density at radius 3 is 2.14 bits per heavy atom. The van der Waals surface area contributed by atoms with Crippen molar-refractivity contribution in [2.24, 2.45) is 0 Å². The first-order chi connectivity index (χ1) is 10.2. The van der Waals surface area contributed by atoms with Gasteiger partial charge in [0.25, 0.3) is 0 Å². The second-order valence-corrected chi connectivity index (χ2v) is 4.83. The standard InChI is InChI=1S/C19H21NO/c1-3-20(4-2)18-13-11-17(12-14-18)19(21)15-10-16-8-6-5-7-9-16/h5-15H,3-4H2,1-2H3. The van der Waals surface area contributed by atoms with Gasteiger partial charge in [0, 0.05) is 24.3 Å². The normalized spacial score (nSPS) is 10.8. The molecule has 0 unspecified atom stereocenters. The summed E-state index contributed by atoms with van der Waals surface area (Å²) in [6.45, 7) is 6.20. The van der Waals surface area contributed by atoms with E-state index in [9.17, 15) is 4.79 Å². The van der Waals surface area contributed by atoms with Crippen molar-refractivity contribution >= 4 is 17.5 Å². The summed E-state index contributed by atoms with van der Waals surface area (Å²) in [7, 11) is 0. The molecule has 0 bridgehead atoms. The third-order valence-corrected chi connectivity index (χ3v) is 3.51. The van der Waals surface area contributed by atoms with E-state index in [2.05, 4.69) is 18.7 Å². The van der Waals surface area contributed by atoms with Crippen molar-refractivity contribution in [1.29, 1.82) is 0 Å².